The molecule has 5 heterocycles. The Morgan fingerprint density at radius 3 is 2.79 bits per heavy atom. The highest BCUT2D eigenvalue weighted by atomic mass is 16.5. The van der Waals surface area contributed by atoms with Crippen molar-refractivity contribution in [1.82, 2.24) is 24.6 Å². The Bertz CT molecular complexity index is 885. The number of amides is 1. The highest BCUT2D eigenvalue weighted by molar-refractivity contribution is 5.82. The summed E-state index contributed by atoms with van der Waals surface area (Å²) in [7, 11) is 1.95. The number of hydrogen-bond acceptors (Lipinski definition) is 6. The van der Waals surface area contributed by atoms with E-state index in [-0.39, 0.29) is 18.1 Å². The molecule has 2 aromatic heterocycles. The molecule has 0 aromatic carbocycles. The van der Waals surface area contributed by atoms with Crippen molar-refractivity contribution in [3.8, 4) is 11.3 Å². The maximum absolute atomic E-state index is 13.1. The van der Waals surface area contributed by atoms with Gasteiger partial charge in [0, 0.05) is 45.0 Å². The fraction of sp³-hybridized carbons (Fsp3) is 0.619. The van der Waals surface area contributed by atoms with E-state index in [1.54, 1.807) is 0 Å². The minimum absolute atomic E-state index is 0.0133. The van der Waals surface area contributed by atoms with Crippen LogP contribution in [0.3, 0.4) is 0 Å². The molecule has 0 unspecified atom stereocenters. The van der Waals surface area contributed by atoms with Crippen LogP contribution in [-0.2, 0) is 16.6 Å². The van der Waals surface area contributed by atoms with E-state index in [1.165, 1.54) is 12.8 Å². The summed E-state index contributed by atoms with van der Waals surface area (Å²) in [6, 6.07) is 1.96. The second-order valence-corrected chi connectivity index (χ2v) is 8.19. The molecule has 0 radical (unpaired) electrons. The maximum Gasteiger partial charge on any atom is 0.252 e. The van der Waals surface area contributed by atoms with Gasteiger partial charge in [0.2, 0.25) is 5.95 Å². The van der Waals surface area contributed by atoms with Crippen LogP contribution in [0, 0.1) is 0 Å². The first-order valence-electron chi connectivity index (χ1n) is 10.7. The summed E-state index contributed by atoms with van der Waals surface area (Å²) in [5, 5.41) is 4.53. The molecule has 8 nitrogen and oxygen atoms in total. The van der Waals surface area contributed by atoms with Crippen LogP contribution < -0.4 is 4.90 Å². The highest BCUT2D eigenvalue weighted by Crippen LogP contribution is 2.38. The normalized spacial score (nSPS) is 24.6. The summed E-state index contributed by atoms with van der Waals surface area (Å²) in [6.45, 7) is 3.48. The molecule has 8 heteroatoms. The van der Waals surface area contributed by atoms with Crippen LogP contribution in [0.5, 0.6) is 0 Å². The molecular weight excluding hydrogens is 368 g/mol. The second-order valence-electron chi connectivity index (χ2n) is 8.19. The zero-order valence-corrected chi connectivity index (χ0v) is 17.0. The average molecular weight is 396 g/mol. The second kappa shape index (κ2) is 7.74. The van der Waals surface area contributed by atoms with Crippen LogP contribution in [0.25, 0.3) is 11.3 Å². The van der Waals surface area contributed by atoms with Gasteiger partial charge < -0.3 is 14.5 Å². The lowest BCUT2D eigenvalue weighted by Gasteiger charge is -2.28. The fourth-order valence-corrected chi connectivity index (χ4v) is 4.88. The summed E-state index contributed by atoms with van der Waals surface area (Å²) in [6.07, 6.45) is 9.52. The minimum Gasteiger partial charge on any atom is -0.368 e. The lowest BCUT2D eigenvalue weighted by molar-refractivity contribution is -0.142. The standard InChI is InChI=1S/C21H28N6O2/c1-25-19(17-6-4-12-27(17)20(28)18-7-5-13-29-18)15(14-23-25)16-8-9-22-21(24-16)26-10-2-3-11-26/h8-9,14,17-18H,2-7,10-13H2,1H3/t17-,18-/m1/s1. The van der Waals surface area contributed by atoms with Gasteiger partial charge in [-0.2, -0.15) is 5.10 Å². The molecule has 3 aliphatic rings. The third-order valence-electron chi connectivity index (χ3n) is 6.35. The van der Waals surface area contributed by atoms with Gasteiger partial charge in [-0.1, -0.05) is 0 Å². The van der Waals surface area contributed by atoms with Crippen LogP contribution in [0.1, 0.15) is 50.3 Å². The molecule has 3 saturated heterocycles. The van der Waals surface area contributed by atoms with Gasteiger partial charge in [-0.05, 0) is 44.6 Å². The molecule has 2 atom stereocenters. The first-order valence-corrected chi connectivity index (χ1v) is 10.7. The van der Waals surface area contributed by atoms with E-state index in [0.29, 0.717) is 6.61 Å². The van der Waals surface area contributed by atoms with Gasteiger partial charge in [0.05, 0.1) is 23.6 Å². The van der Waals surface area contributed by atoms with Crippen molar-refractivity contribution in [2.45, 2.75) is 50.7 Å². The van der Waals surface area contributed by atoms with E-state index in [4.69, 9.17) is 9.72 Å². The van der Waals surface area contributed by atoms with Crippen molar-refractivity contribution >= 4 is 11.9 Å². The molecule has 154 valence electrons. The lowest BCUT2D eigenvalue weighted by Crippen LogP contribution is -2.39. The summed E-state index contributed by atoms with van der Waals surface area (Å²) in [5.74, 6) is 0.908. The monoisotopic (exact) mass is 396 g/mol. The Hall–Kier alpha value is -2.48. The Kier molecular flexibility index (Phi) is 4.95. The summed E-state index contributed by atoms with van der Waals surface area (Å²) in [4.78, 5) is 26.7. The molecule has 2 aromatic rings. The Balaban J connectivity index is 1.47. The first-order chi connectivity index (χ1) is 14.2. The van der Waals surface area contributed by atoms with E-state index in [1.807, 2.05) is 35.1 Å². The van der Waals surface area contributed by atoms with Crippen LogP contribution in [0.2, 0.25) is 0 Å². The molecule has 5 rings (SSSR count). The summed E-state index contributed by atoms with van der Waals surface area (Å²) >= 11 is 0. The number of hydrogen-bond donors (Lipinski definition) is 0. The van der Waals surface area contributed by atoms with Crippen molar-refractivity contribution in [2.75, 3.05) is 31.1 Å². The largest absolute Gasteiger partial charge is 0.368 e. The quantitative estimate of drug-likeness (QED) is 0.789. The molecular formula is C21H28N6O2. The zero-order chi connectivity index (χ0) is 19.8. The number of ether oxygens (including phenoxy) is 1. The number of carbonyl (C=O) groups excluding carboxylic acids is 1. The van der Waals surface area contributed by atoms with Crippen molar-refractivity contribution in [3.63, 3.8) is 0 Å². The smallest absolute Gasteiger partial charge is 0.252 e. The molecule has 1 amide bonds. The first kappa shape index (κ1) is 18.5. The summed E-state index contributed by atoms with van der Waals surface area (Å²) in [5.41, 5.74) is 2.92. The van der Waals surface area contributed by atoms with E-state index in [2.05, 4.69) is 15.0 Å². The molecule has 0 saturated carbocycles. The van der Waals surface area contributed by atoms with Gasteiger partial charge in [-0.25, -0.2) is 9.97 Å². The maximum atomic E-state index is 13.1. The van der Waals surface area contributed by atoms with Crippen molar-refractivity contribution in [1.29, 1.82) is 0 Å². The molecule has 3 aliphatic heterocycles. The zero-order valence-electron chi connectivity index (χ0n) is 17.0. The Morgan fingerprint density at radius 1 is 1.14 bits per heavy atom. The number of likely N-dealkylation sites (tertiary alicyclic amines) is 1. The van der Waals surface area contributed by atoms with Crippen LogP contribution in [-0.4, -0.2) is 62.9 Å². The number of carbonyl (C=O) groups is 1. The predicted molar refractivity (Wildman–Crippen MR) is 108 cm³/mol. The fourth-order valence-electron chi connectivity index (χ4n) is 4.88. The van der Waals surface area contributed by atoms with E-state index < -0.39 is 0 Å². The van der Waals surface area contributed by atoms with Gasteiger partial charge in [0.1, 0.15) is 6.10 Å². The third-order valence-corrected chi connectivity index (χ3v) is 6.35. The Labute approximate surface area is 170 Å². The van der Waals surface area contributed by atoms with Crippen LogP contribution >= 0.6 is 0 Å². The van der Waals surface area contributed by atoms with Gasteiger partial charge in [-0.15, -0.1) is 0 Å². The molecule has 3 fully saturated rings. The van der Waals surface area contributed by atoms with Crippen molar-refractivity contribution in [3.05, 3.63) is 24.2 Å². The Morgan fingerprint density at radius 2 is 2.00 bits per heavy atom. The van der Waals surface area contributed by atoms with Gasteiger partial charge in [0.15, 0.2) is 0 Å². The van der Waals surface area contributed by atoms with Crippen molar-refractivity contribution in [2.24, 2.45) is 7.05 Å². The van der Waals surface area contributed by atoms with Crippen LogP contribution in [0.15, 0.2) is 18.5 Å². The number of anilines is 1. The SMILES string of the molecule is Cn1ncc(-c2ccnc(N3CCCC3)n2)c1[C@H]1CCCN1C(=O)[C@H]1CCCO1. The predicted octanol–water partition coefficient (Wildman–Crippen LogP) is 2.32. The number of aromatic nitrogens is 4. The topological polar surface area (TPSA) is 76.4 Å². The molecule has 0 bridgehead atoms. The summed E-state index contributed by atoms with van der Waals surface area (Å²) < 4.78 is 7.57. The molecule has 29 heavy (non-hydrogen) atoms. The number of aryl methyl sites for hydroxylation is 1. The van der Waals surface area contributed by atoms with Gasteiger partial charge >= 0.3 is 0 Å². The minimum atomic E-state index is -0.284. The van der Waals surface area contributed by atoms with E-state index in [0.717, 1.165) is 68.2 Å². The number of nitrogens with zero attached hydrogens (tertiary/aromatic N) is 6. The lowest BCUT2D eigenvalue weighted by atomic mass is 10.0. The highest BCUT2D eigenvalue weighted by Gasteiger charge is 2.38. The number of rotatable bonds is 4. The third kappa shape index (κ3) is 3.39. The molecule has 0 N–H and O–H groups in total. The van der Waals surface area contributed by atoms with Crippen molar-refractivity contribution < 1.29 is 9.53 Å². The van der Waals surface area contributed by atoms with Gasteiger partial charge in [-0.3, -0.25) is 9.48 Å². The average Bonchev–Trinajstić information content (AvgIpc) is 3.55. The van der Waals surface area contributed by atoms with Crippen LogP contribution in [0.4, 0.5) is 5.95 Å². The molecule has 0 spiro atoms. The molecule has 0 aliphatic carbocycles. The van der Waals surface area contributed by atoms with Gasteiger partial charge in [0.25, 0.3) is 5.91 Å². The van der Waals surface area contributed by atoms with E-state index in [9.17, 15) is 4.79 Å². The van der Waals surface area contributed by atoms with E-state index >= 15 is 0 Å².